The minimum atomic E-state index is -0.559. The van der Waals surface area contributed by atoms with Crippen molar-refractivity contribution in [3.8, 4) is 0 Å². The molecule has 32 heavy (non-hydrogen) atoms. The van der Waals surface area contributed by atoms with Gasteiger partial charge in [-0.1, -0.05) is 35.9 Å². The molecule has 2 aromatic rings. The molecule has 0 saturated heterocycles. The maximum Gasteiger partial charge on any atom is 0.336 e. The number of dihydropyridines is 1. The lowest BCUT2D eigenvalue weighted by Gasteiger charge is -2.36. The van der Waals surface area contributed by atoms with Gasteiger partial charge in [0.15, 0.2) is 5.78 Å². The Morgan fingerprint density at radius 2 is 2.00 bits per heavy atom. The van der Waals surface area contributed by atoms with E-state index in [2.05, 4.69) is 11.4 Å². The van der Waals surface area contributed by atoms with Crippen molar-refractivity contribution in [3.05, 3.63) is 79.8 Å². The number of hydrogen-bond acceptors (Lipinski definition) is 6. The summed E-state index contributed by atoms with van der Waals surface area (Å²) in [5, 5.41) is 5.91. The Morgan fingerprint density at radius 3 is 2.72 bits per heavy atom. The number of carbonyl (C=O) groups excluding carboxylic acids is 2. The maximum absolute atomic E-state index is 13.5. The Balaban J connectivity index is 1.73. The van der Waals surface area contributed by atoms with Crippen molar-refractivity contribution in [1.29, 1.82) is 0 Å². The highest BCUT2D eigenvalue weighted by atomic mass is 35.5. The molecule has 1 N–H and O–H groups in total. The van der Waals surface area contributed by atoms with E-state index in [1.165, 1.54) is 4.88 Å². The number of Topliss-reactive ketones (excluding diaryl/α,β-unsaturated/α-hetero) is 1. The summed E-state index contributed by atoms with van der Waals surface area (Å²) in [6.07, 6.45) is 1.13. The van der Waals surface area contributed by atoms with Crippen molar-refractivity contribution in [1.82, 2.24) is 5.32 Å². The number of rotatable bonds is 7. The first-order valence-corrected chi connectivity index (χ1v) is 12.0. The lowest BCUT2D eigenvalue weighted by molar-refractivity contribution is -0.140. The van der Waals surface area contributed by atoms with Crippen LogP contribution in [0.15, 0.2) is 64.3 Å². The molecule has 0 unspecified atom stereocenters. The molecular weight excluding hydrogens is 446 g/mol. The van der Waals surface area contributed by atoms with Crippen LogP contribution in [0.3, 0.4) is 0 Å². The zero-order chi connectivity index (χ0) is 22.7. The summed E-state index contributed by atoms with van der Waals surface area (Å²) < 4.78 is 10.8. The van der Waals surface area contributed by atoms with Gasteiger partial charge in [-0.3, -0.25) is 4.79 Å². The van der Waals surface area contributed by atoms with Gasteiger partial charge in [0.1, 0.15) is 6.61 Å². The molecular formula is C25H26ClNO4S. The molecule has 1 aliphatic carbocycles. The van der Waals surface area contributed by atoms with Gasteiger partial charge in [-0.15, -0.1) is 11.3 Å². The van der Waals surface area contributed by atoms with Crippen molar-refractivity contribution in [2.24, 2.45) is 0 Å². The molecule has 0 radical (unpaired) electrons. The fraction of sp³-hybridized carbons (Fsp3) is 0.360. The standard InChI is InChI=1S/C25H26ClNO4S/c1-3-30-10-11-31-25(29)22-15(2)27-19-13-16(21-9-6-12-32-21)14-20(28)24(19)23(22)17-7-4-5-8-18(17)26/h4-9,12,16,23,27H,3,10-11,13-14H2,1-2H3/t16-,23-/m0/s1. The second-order valence-electron chi connectivity index (χ2n) is 7.89. The van der Waals surface area contributed by atoms with Gasteiger partial charge in [0, 0.05) is 51.7 Å². The van der Waals surface area contributed by atoms with E-state index in [4.69, 9.17) is 21.1 Å². The smallest absolute Gasteiger partial charge is 0.336 e. The summed E-state index contributed by atoms with van der Waals surface area (Å²) in [5.41, 5.74) is 3.34. The molecule has 5 nitrogen and oxygen atoms in total. The summed E-state index contributed by atoms with van der Waals surface area (Å²) in [5.74, 6) is -0.849. The first kappa shape index (κ1) is 22.8. The van der Waals surface area contributed by atoms with Crippen LogP contribution in [-0.4, -0.2) is 31.6 Å². The fourth-order valence-electron chi connectivity index (χ4n) is 4.47. The molecule has 2 aliphatic rings. The summed E-state index contributed by atoms with van der Waals surface area (Å²) in [6, 6.07) is 11.5. The highest BCUT2D eigenvalue weighted by Gasteiger charge is 2.42. The average molecular weight is 472 g/mol. The topological polar surface area (TPSA) is 64.6 Å². The van der Waals surface area contributed by atoms with E-state index < -0.39 is 11.9 Å². The molecule has 1 aromatic carbocycles. The van der Waals surface area contributed by atoms with E-state index in [9.17, 15) is 9.59 Å². The average Bonchev–Trinajstić information content (AvgIpc) is 3.31. The first-order valence-electron chi connectivity index (χ1n) is 10.8. The Labute approximate surface area is 197 Å². The molecule has 168 valence electrons. The zero-order valence-electron chi connectivity index (χ0n) is 18.2. The third-order valence-corrected chi connectivity index (χ3v) is 7.25. The van der Waals surface area contributed by atoms with Crippen molar-refractivity contribution in [2.45, 2.75) is 38.5 Å². The Bertz CT molecular complexity index is 1070. The van der Waals surface area contributed by atoms with Gasteiger partial charge < -0.3 is 14.8 Å². The SMILES string of the molecule is CCOCCOC(=O)C1=C(C)NC2=C(C(=O)C[C@@H](c3cccs3)C2)[C@H]1c1ccccc1Cl. The van der Waals surface area contributed by atoms with Gasteiger partial charge >= 0.3 is 5.97 Å². The molecule has 0 amide bonds. The number of allylic oxidation sites excluding steroid dienone is 3. The van der Waals surface area contributed by atoms with E-state index >= 15 is 0 Å². The predicted molar refractivity (Wildman–Crippen MR) is 126 cm³/mol. The van der Waals surface area contributed by atoms with Crippen LogP contribution in [0, 0.1) is 0 Å². The van der Waals surface area contributed by atoms with Gasteiger partial charge in [0.2, 0.25) is 0 Å². The van der Waals surface area contributed by atoms with Crippen LogP contribution in [0.25, 0.3) is 0 Å². The fourth-order valence-corrected chi connectivity index (χ4v) is 5.55. The molecule has 7 heteroatoms. The van der Waals surface area contributed by atoms with E-state index in [0.29, 0.717) is 47.9 Å². The third-order valence-electron chi connectivity index (χ3n) is 5.87. The second-order valence-corrected chi connectivity index (χ2v) is 9.27. The van der Waals surface area contributed by atoms with Crippen molar-refractivity contribution in [3.63, 3.8) is 0 Å². The van der Waals surface area contributed by atoms with Crippen LogP contribution in [-0.2, 0) is 19.1 Å². The highest BCUT2D eigenvalue weighted by molar-refractivity contribution is 7.10. The lowest BCUT2D eigenvalue weighted by atomic mass is 9.72. The minimum absolute atomic E-state index is 0.0363. The van der Waals surface area contributed by atoms with E-state index in [-0.39, 0.29) is 18.3 Å². The van der Waals surface area contributed by atoms with Crippen LogP contribution in [0.5, 0.6) is 0 Å². The quantitative estimate of drug-likeness (QED) is 0.436. The van der Waals surface area contributed by atoms with Crippen molar-refractivity contribution in [2.75, 3.05) is 19.8 Å². The number of carbonyl (C=O) groups is 2. The number of ether oxygens (including phenoxy) is 2. The molecule has 0 fully saturated rings. The van der Waals surface area contributed by atoms with E-state index in [1.807, 2.05) is 43.5 Å². The van der Waals surface area contributed by atoms with Gasteiger partial charge in [0.05, 0.1) is 12.2 Å². The molecule has 0 spiro atoms. The Kier molecular flexibility index (Phi) is 7.13. The molecule has 2 heterocycles. The maximum atomic E-state index is 13.5. The number of esters is 1. The second kappa shape index (κ2) is 10.0. The number of hydrogen-bond donors (Lipinski definition) is 1. The van der Waals surface area contributed by atoms with Crippen LogP contribution in [0.2, 0.25) is 5.02 Å². The molecule has 1 aliphatic heterocycles. The first-order chi connectivity index (χ1) is 15.5. The Hall–Kier alpha value is -2.41. The molecule has 2 atom stereocenters. The number of nitrogens with one attached hydrogen (secondary N) is 1. The monoisotopic (exact) mass is 471 g/mol. The lowest BCUT2D eigenvalue weighted by Crippen LogP contribution is -2.36. The van der Waals surface area contributed by atoms with Crippen LogP contribution in [0.1, 0.15) is 49.0 Å². The zero-order valence-corrected chi connectivity index (χ0v) is 19.7. The molecule has 0 bridgehead atoms. The molecule has 4 rings (SSSR count). The largest absolute Gasteiger partial charge is 0.460 e. The number of halogens is 1. The number of benzene rings is 1. The van der Waals surface area contributed by atoms with Crippen molar-refractivity contribution < 1.29 is 19.1 Å². The summed E-state index contributed by atoms with van der Waals surface area (Å²) in [7, 11) is 0. The summed E-state index contributed by atoms with van der Waals surface area (Å²) >= 11 is 8.23. The van der Waals surface area contributed by atoms with Gasteiger partial charge in [-0.2, -0.15) is 0 Å². The number of thiophene rings is 1. The van der Waals surface area contributed by atoms with Gasteiger partial charge in [-0.05, 0) is 43.3 Å². The van der Waals surface area contributed by atoms with Crippen molar-refractivity contribution >= 4 is 34.7 Å². The van der Waals surface area contributed by atoms with Gasteiger partial charge in [0.25, 0.3) is 0 Å². The predicted octanol–water partition coefficient (Wildman–Crippen LogP) is 5.34. The van der Waals surface area contributed by atoms with Crippen LogP contribution >= 0.6 is 22.9 Å². The summed E-state index contributed by atoms with van der Waals surface area (Å²) in [6.45, 7) is 4.78. The molecule has 1 aromatic heterocycles. The van der Waals surface area contributed by atoms with E-state index in [0.717, 1.165) is 11.3 Å². The highest BCUT2D eigenvalue weighted by Crippen LogP contribution is 2.47. The van der Waals surface area contributed by atoms with Gasteiger partial charge in [-0.25, -0.2) is 4.79 Å². The molecule has 0 saturated carbocycles. The number of ketones is 1. The third kappa shape index (κ3) is 4.53. The normalized spacial score (nSPS) is 20.8. The van der Waals surface area contributed by atoms with Crippen LogP contribution < -0.4 is 5.32 Å². The van der Waals surface area contributed by atoms with E-state index in [1.54, 1.807) is 17.4 Å². The summed E-state index contributed by atoms with van der Waals surface area (Å²) in [4.78, 5) is 27.8. The Morgan fingerprint density at radius 1 is 1.19 bits per heavy atom. The van der Waals surface area contributed by atoms with Crippen LogP contribution in [0.4, 0.5) is 0 Å². The minimum Gasteiger partial charge on any atom is -0.460 e.